The van der Waals surface area contributed by atoms with Crippen LogP contribution < -0.4 is 0 Å². The zero-order valence-electron chi connectivity index (χ0n) is 12.7. The van der Waals surface area contributed by atoms with E-state index < -0.39 is 0 Å². The first kappa shape index (κ1) is 17.3. The topological polar surface area (TPSA) is 13.0 Å². The highest BCUT2D eigenvalue weighted by Gasteiger charge is 2.18. The average molecular weight is 273 g/mol. The molecule has 0 atom stereocenters. The third-order valence-corrected chi connectivity index (χ3v) is 6.95. The highest BCUT2D eigenvalue weighted by molar-refractivity contribution is 6.57. The third-order valence-electron chi connectivity index (χ3n) is 2.53. The molecule has 0 aromatic rings. The standard InChI is InChI=1S/C11H28N4Si2/c1-12(2)10(13(3)4)16-9-17-11(14(5)6)15(7)8/h10-11H,9H2,1-8H3. The molecule has 0 saturated carbocycles. The molecule has 0 unspecified atom stereocenters. The van der Waals surface area contributed by atoms with Crippen LogP contribution in [0.1, 0.15) is 0 Å². The summed E-state index contributed by atoms with van der Waals surface area (Å²) >= 11 is 0. The monoisotopic (exact) mass is 272 g/mol. The SMILES string of the molecule is CN(C)C([Si]C[Si]C(N(C)C)N(C)C)N(C)C. The van der Waals surface area contributed by atoms with Crippen molar-refractivity contribution in [3.8, 4) is 0 Å². The summed E-state index contributed by atoms with van der Waals surface area (Å²) in [5.41, 5.74) is 1.31. The first-order valence-electron chi connectivity index (χ1n) is 5.89. The van der Waals surface area contributed by atoms with Gasteiger partial charge in [0.15, 0.2) is 0 Å². The second kappa shape index (κ2) is 8.39. The van der Waals surface area contributed by atoms with Gasteiger partial charge >= 0.3 is 0 Å². The molecule has 0 aliphatic rings. The summed E-state index contributed by atoms with van der Waals surface area (Å²) in [6, 6.07) is 0. The number of hydrogen-bond donors (Lipinski definition) is 0. The van der Waals surface area contributed by atoms with Crippen molar-refractivity contribution in [2.75, 3.05) is 56.4 Å². The molecule has 6 heteroatoms. The van der Waals surface area contributed by atoms with E-state index in [0.29, 0.717) is 11.6 Å². The molecular weight excluding hydrogens is 244 g/mol. The van der Waals surface area contributed by atoms with Gasteiger partial charge in [-0.2, -0.15) is 0 Å². The third kappa shape index (κ3) is 6.68. The predicted octanol–water partition coefficient (Wildman–Crippen LogP) is -0.416. The van der Waals surface area contributed by atoms with Gasteiger partial charge in [0.2, 0.25) is 0 Å². The fourth-order valence-electron chi connectivity index (χ4n) is 1.90. The first-order chi connectivity index (χ1) is 7.77. The minimum atomic E-state index is 0.576. The maximum absolute atomic E-state index is 2.31. The first-order valence-corrected chi connectivity index (χ1v) is 8.46. The van der Waals surface area contributed by atoms with Gasteiger partial charge in [0, 0.05) is 11.6 Å². The zero-order chi connectivity index (χ0) is 13.6. The number of hydrogen-bond acceptors (Lipinski definition) is 4. The van der Waals surface area contributed by atoms with Crippen LogP contribution in [0, 0.1) is 0 Å². The van der Waals surface area contributed by atoms with E-state index in [1.165, 1.54) is 5.67 Å². The Balaban J connectivity index is 4.10. The van der Waals surface area contributed by atoms with Crippen LogP contribution in [0.4, 0.5) is 0 Å². The normalized spacial score (nSPS) is 13.1. The minimum Gasteiger partial charge on any atom is -0.297 e. The van der Waals surface area contributed by atoms with Crippen LogP contribution in [-0.4, -0.2) is 107 Å². The summed E-state index contributed by atoms with van der Waals surface area (Å²) in [5.74, 6) is 1.15. The van der Waals surface area contributed by atoms with E-state index in [1.807, 2.05) is 0 Å². The van der Waals surface area contributed by atoms with Gasteiger partial charge < -0.3 is 0 Å². The Morgan fingerprint density at radius 3 is 1.00 bits per heavy atom. The van der Waals surface area contributed by atoms with Gasteiger partial charge in [-0.25, -0.2) is 0 Å². The minimum absolute atomic E-state index is 0.576. The highest BCUT2D eigenvalue weighted by Crippen LogP contribution is 2.01. The molecule has 0 aromatic carbocycles. The van der Waals surface area contributed by atoms with Crippen molar-refractivity contribution >= 4 is 19.0 Å². The molecule has 0 fully saturated rings. The van der Waals surface area contributed by atoms with Crippen LogP contribution in [0.25, 0.3) is 0 Å². The second-order valence-electron chi connectivity index (χ2n) is 5.19. The molecule has 17 heavy (non-hydrogen) atoms. The molecular formula is C11H28N4Si2. The molecule has 4 nitrogen and oxygen atoms in total. The largest absolute Gasteiger partial charge is 0.297 e. The Labute approximate surface area is 113 Å². The van der Waals surface area contributed by atoms with Gasteiger partial charge in [-0.1, -0.05) is 5.67 Å². The van der Waals surface area contributed by atoms with Crippen LogP contribution in [0.2, 0.25) is 5.67 Å². The molecule has 0 spiro atoms. The van der Waals surface area contributed by atoms with Crippen molar-refractivity contribution in [2.45, 2.75) is 17.2 Å². The summed E-state index contributed by atoms with van der Waals surface area (Å²) in [6.07, 6.45) is 0. The maximum Gasteiger partial charge on any atom is 0.0786 e. The van der Waals surface area contributed by atoms with Crippen molar-refractivity contribution in [3.63, 3.8) is 0 Å². The molecule has 0 N–H and O–H groups in total. The molecule has 0 aromatic heterocycles. The molecule has 0 aliphatic heterocycles. The fraction of sp³-hybridized carbons (Fsp3) is 1.00. The van der Waals surface area contributed by atoms with E-state index in [9.17, 15) is 0 Å². The second-order valence-corrected chi connectivity index (χ2v) is 8.45. The Kier molecular flexibility index (Phi) is 8.52. The van der Waals surface area contributed by atoms with Gasteiger partial charge in [0.1, 0.15) is 0 Å². The van der Waals surface area contributed by atoms with Gasteiger partial charge in [0.05, 0.1) is 19.0 Å². The molecule has 0 saturated heterocycles. The van der Waals surface area contributed by atoms with E-state index in [4.69, 9.17) is 0 Å². The summed E-state index contributed by atoms with van der Waals surface area (Å²) < 4.78 is 0. The zero-order valence-corrected chi connectivity index (χ0v) is 14.7. The van der Waals surface area contributed by atoms with Gasteiger partial charge in [-0.3, -0.25) is 19.6 Å². The molecule has 0 bridgehead atoms. The van der Waals surface area contributed by atoms with Crippen LogP contribution in [-0.2, 0) is 0 Å². The van der Waals surface area contributed by atoms with E-state index in [1.54, 1.807) is 0 Å². The lowest BCUT2D eigenvalue weighted by atomic mass is 10.8. The molecule has 100 valence electrons. The van der Waals surface area contributed by atoms with Gasteiger partial charge in [0.25, 0.3) is 0 Å². The Bertz CT molecular complexity index is 162. The fourth-order valence-corrected chi connectivity index (χ4v) is 5.29. The molecule has 0 rings (SSSR count). The smallest absolute Gasteiger partial charge is 0.0786 e. The number of rotatable bonds is 8. The van der Waals surface area contributed by atoms with E-state index >= 15 is 0 Å². The molecule has 0 aliphatic carbocycles. The lowest BCUT2D eigenvalue weighted by Crippen LogP contribution is -2.48. The highest BCUT2D eigenvalue weighted by atomic mass is 28.3. The van der Waals surface area contributed by atoms with E-state index in [-0.39, 0.29) is 0 Å². The summed E-state index contributed by atoms with van der Waals surface area (Å²) in [7, 11) is 19.2. The van der Waals surface area contributed by atoms with Gasteiger partial charge in [-0.15, -0.1) is 0 Å². The van der Waals surface area contributed by atoms with E-state index in [0.717, 1.165) is 19.0 Å². The Hall–Kier alpha value is 0.274. The van der Waals surface area contributed by atoms with Crippen molar-refractivity contribution < 1.29 is 0 Å². The lowest BCUT2D eigenvalue weighted by Gasteiger charge is -2.33. The van der Waals surface area contributed by atoms with E-state index in [2.05, 4.69) is 76.0 Å². The van der Waals surface area contributed by atoms with Crippen molar-refractivity contribution in [3.05, 3.63) is 0 Å². The predicted molar refractivity (Wildman–Crippen MR) is 78.6 cm³/mol. The summed E-state index contributed by atoms with van der Waals surface area (Å²) in [5, 5.41) is 0. The summed E-state index contributed by atoms with van der Waals surface area (Å²) in [4.78, 5) is 9.24. The Morgan fingerprint density at radius 2 is 0.824 bits per heavy atom. The quantitative estimate of drug-likeness (QED) is 0.440. The molecule has 0 heterocycles. The average Bonchev–Trinajstić information content (AvgIpc) is 2.14. The molecule has 4 radical (unpaired) electrons. The maximum atomic E-state index is 2.31. The number of nitrogens with zero attached hydrogens (tertiary/aromatic N) is 4. The van der Waals surface area contributed by atoms with Crippen LogP contribution in [0.3, 0.4) is 0 Å². The van der Waals surface area contributed by atoms with Crippen molar-refractivity contribution in [1.29, 1.82) is 0 Å². The molecule has 0 amide bonds. The van der Waals surface area contributed by atoms with Gasteiger partial charge in [-0.05, 0) is 56.4 Å². The summed E-state index contributed by atoms with van der Waals surface area (Å²) in [6.45, 7) is 0. The van der Waals surface area contributed by atoms with Crippen LogP contribution in [0.5, 0.6) is 0 Å². The Morgan fingerprint density at radius 1 is 0.588 bits per heavy atom. The lowest BCUT2D eigenvalue weighted by molar-refractivity contribution is 0.197. The van der Waals surface area contributed by atoms with Crippen molar-refractivity contribution in [1.82, 2.24) is 19.6 Å². The van der Waals surface area contributed by atoms with Crippen LogP contribution in [0.15, 0.2) is 0 Å². The van der Waals surface area contributed by atoms with Crippen molar-refractivity contribution in [2.24, 2.45) is 0 Å². The van der Waals surface area contributed by atoms with Crippen LogP contribution >= 0.6 is 0 Å².